The van der Waals surface area contributed by atoms with Crippen molar-refractivity contribution in [3.05, 3.63) is 76.5 Å². The molecule has 3 heterocycles. The Hall–Kier alpha value is -4.13. The van der Waals surface area contributed by atoms with Crippen LogP contribution in [0.3, 0.4) is 0 Å². The SMILES string of the molecule is C[C@]1(Cn2cc(-c3ccccc3)nn2)[C@H](C(=O)OCc2ccc([N+](=O)[O-])cc2)N2C(=O)C[C@H]2S1(=O)=O. The van der Waals surface area contributed by atoms with Crippen LogP contribution in [0.4, 0.5) is 5.69 Å². The van der Waals surface area contributed by atoms with Crippen LogP contribution in [-0.2, 0) is 37.3 Å². The molecular weight excluding hydrogens is 490 g/mol. The van der Waals surface area contributed by atoms with Gasteiger partial charge in [-0.15, -0.1) is 5.10 Å². The number of sulfone groups is 1. The van der Waals surface area contributed by atoms with E-state index >= 15 is 0 Å². The van der Waals surface area contributed by atoms with Gasteiger partial charge in [-0.1, -0.05) is 35.5 Å². The molecule has 2 aliphatic heterocycles. The molecule has 13 heteroatoms. The molecule has 5 rings (SSSR count). The zero-order chi connectivity index (χ0) is 25.7. The summed E-state index contributed by atoms with van der Waals surface area (Å²) in [7, 11) is -3.97. The van der Waals surface area contributed by atoms with Gasteiger partial charge in [-0.05, 0) is 24.6 Å². The standard InChI is InChI=1S/C23H21N5O7S/c1-23(14-26-12-18(24-25-26)16-5-3-2-4-6-16)21(27-19(29)11-20(27)36(23,33)34)22(30)35-13-15-7-9-17(10-8-15)28(31)32/h2-10,12,20-21H,11,13-14H2,1H3/t20-,21+,23+/m1/s1. The molecule has 186 valence electrons. The maximum atomic E-state index is 13.5. The number of β-lactam (4-membered cyclic amide) rings is 1. The Morgan fingerprint density at radius 1 is 1.19 bits per heavy atom. The van der Waals surface area contributed by atoms with E-state index in [2.05, 4.69) is 10.3 Å². The number of hydrogen-bond donors (Lipinski definition) is 0. The number of benzene rings is 2. The van der Waals surface area contributed by atoms with E-state index in [1.54, 1.807) is 6.20 Å². The molecule has 2 aliphatic rings. The van der Waals surface area contributed by atoms with E-state index in [0.29, 0.717) is 11.3 Å². The third-order valence-corrected chi connectivity index (χ3v) is 9.41. The molecule has 0 saturated carbocycles. The van der Waals surface area contributed by atoms with Gasteiger partial charge in [-0.2, -0.15) is 0 Å². The van der Waals surface area contributed by atoms with Crippen LogP contribution in [-0.4, -0.2) is 61.3 Å². The van der Waals surface area contributed by atoms with E-state index in [0.717, 1.165) is 10.5 Å². The molecule has 12 nitrogen and oxygen atoms in total. The summed E-state index contributed by atoms with van der Waals surface area (Å²) in [5.41, 5.74) is 1.69. The zero-order valence-electron chi connectivity index (χ0n) is 19.1. The number of aromatic nitrogens is 3. The van der Waals surface area contributed by atoms with Gasteiger partial charge in [0.05, 0.1) is 24.1 Å². The van der Waals surface area contributed by atoms with E-state index in [1.807, 2.05) is 30.3 Å². The van der Waals surface area contributed by atoms with Crippen LogP contribution in [0.5, 0.6) is 0 Å². The Bertz CT molecular complexity index is 1460. The molecule has 1 amide bonds. The first-order valence-corrected chi connectivity index (χ1v) is 12.6. The molecule has 1 aromatic heterocycles. The van der Waals surface area contributed by atoms with Crippen LogP contribution in [0.1, 0.15) is 18.9 Å². The highest BCUT2D eigenvalue weighted by Gasteiger charge is 2.70. The van der Waals surface area contributed by atoms with Crippen molar-refractivity contribution in [1.29, 1.82) is 0 Å². The Morgan fingerprint density at radius 2 is 1.89 bits per heavy atom. The Morgan fingerprint density at radius 3 is 2.53 bits per heavy atom. The van der Waals surface area contributed by atoms with Crippen molar-refractivity contribution in [2.75, 3.05) is 0 Å². The van der Waals surface area contributed by atoms with E-state index in [4.69, 9.17) is 4.74 Å². The Kier molecular flexibility index (Phi) is 5.58. The number of fused-ring (bicyclic) bond motifs is 1. The average molecular weight is 512 g/mol. The smallest absolute Gasteiger partial charge is 0.330 e. The summed E-state index contributed by atoms with van der Waals surface area (Å²) in [5, 5.41) is 17.9. The number of amides is 1. The molecule has 36 heavy (non-hydrogen) atoms. The minimum atomic E-state index is -3.97. The van der Waals surface area contributed by atoms with Crippen molar-refractivity contribution >= 4 is 27.4 Å². The summed E-state index contributed by atoms with van der Waals surface area (Å²) in [6.07, 6.45) is 1.39. The lowest BCUT2D eigenvalue weighted by atomic mass is 9.96. The monoisotopic (exact) mass is 511 g/mol. The molecule has 0 aliphatic carbocycles. The van der Waals surface area contributed by atoms with Crippen LogP contribution in [0.2, 0.25) is 0 Å². The fraction of sp³-hybridized carbons (Fsp3) is 0.304. The fourth-order valence-corrected chi connectivity index (χ4v) is 7.01. The fourth-order valence-electron chi connectivity index (χ4n) is 4.66. The average Bonchev–Trinajstić information content (AvgIpc) is 3.37. The van der Waals surface area contributed by atoms with Gasteiger partial charge in [0.2, 0.25) is 5.91 Å². The number of ether oxygens (including phenoxy) is 1. The minimum absolute atomic E-state index is 0.115. The number of nitrogens with zero attached hydrogens (tertiary/aromatic N) is 5. The molecule has 3 aromatic rings. The Labute approximate surface area is 205 Å². The van der Waals surface area contributed by atoms with E-state index in [-0.39, 0.29) is 25.3 Å². The number of carbonyl (C=O) groups is 2. The van der Waals surface area contributed by atoms with Gasteiger partial charge in [0, 0.05) is 17.7 Å². The van der Waals surface area contributed by atoms with Gasteiger partial charge in [-0.25, -0.2) is 13.2 Å². The second-order valence-electron chi connectivity index (χ2n) is 8.92. The predicted octanol–water partition coefficient (Wildman–Crippen LogP) is 1.71. The van der Waals surface area contributed by atoms with Crippen molar-refractivity contribution in [3.63, 3.8) is 0 Å². The first-order valence-electron chi connectivity index (χ1n) is 11.0. The quantitative estimate of drug-likeness (QED) is 0.199. The van der Waals surface area contributed by atoms with Crippen LogP contribution in [0.15, 0.2) is 60.8 Å². The normalized spacial score (nSPS) is 24.1. The summed E-state index contributed by atoms with van der Waals surface area (Å²) in [5.74, 6) is -1.33. The molecule has 3 atom stereocenters. The molecule has 2 fully saturated rings. The second-order valence-corrected chi connectivity index (χ2v) is 11.5. The van der Waals surface area contributed by atoms with Crippen LogP contribution < -0.4 is 0 Å². The van der Waals surface area contributed by atoms with Gasteiger partial charge in [-0.3, -0.25) is 19.6 Å². The lowest BCUT2D eigenvalue weighted by molar-refractivity contribution is -0.384. The van der Waals surface area contributed by atoms with E-state index < -0.39 is 42.8 Å². The number of non-ortho nitro benzene ring substituents is 1. The summed E-state index contributed by atoms with van der Waals surface area (Å²) >= 11 is 0. The van der Waals surface area contributed by atoms with Gasteiger partial charge >= 0.3 is 5.97 Å². The van der Waals surface area contributed by atoms with Crippen LogP contribution in [0, 0.1) is 10.1 Å². The van der Waals surface area contributed by atoms with Crippen molar-refractivity contribution in [1.82, 2.24) is 19.9 Å². The van der Waals surface area contributed by atoms with Gasteiger partial charge in [0.25, 0.3) is 5.69 Å². The molecular formula is C23H21N5O7S. The highest BCUT2D eigenvalue weighted by atomic mass is 32.2. The summed E-state index contributed by atoms with van der Waals surface area (Å²) in [6, 6.07) is 13.3. The summed E-state index contributed by atoms with van der Waals surface area (Å²) < 4.78 is 32.0. The number of nitro groups is 1. The van der Waals surface area contributed by atoms with Crippen molar-refractivity contribution in [2.24, 2.45) is 0 Å². The molecule has 2 aromatic carbocycles. The molecule has 0 radical (unpaired) electrons. The van der Waals surface area contributed by atoms with Crippen LogP contribution >= 0.6 is 0 Å². The number of carbonyl (C=O) groups excluding carboxylic acids is 2. The highest BCUT2D eigenvalue weighted by Crippen LogP contribution is 2.47. The number of hydrogen-bond acceptors (Lipinski definition) is 9. The molecule has 0 unspecified atom stereocenters. The zero-order valence-corrected chi connectivity index (χ0v) is 19.9. The van der Waals surface area contributed by atoms with Gasteiger partial charge in [0.15, 0.2) is 15.9 Å². The van der Waals surface area contributed by atoms with Crippen molar-refractivity contribution < 1.29 is 27.7 Å². The summed E-state index contributed by atoms with van der Waals surface area (Å²) in [4.78, 5) is 36.9. The lowest BCUT2D eigenvalue weighted by Gasteiger charge is -2.36. The molecule has 0 N–H and O–H groups in total. The van der Waals surface area contributed by atoms with E-state index in [9.17, 15) is 28.1 Å². The van der Waals surface area contributed by atoms with Gasteiger partial charge < -0.3 is 9.64 Å². The highest BCUT2D eigenvalue weighted by molar-refractivity contribution is 7.93. The first kappa shape index (κ1) is 23.6. The maximum Gasteiger partial charge on any atom is 0.330 e. The second kappa shape index (κ2) is 8.52. The molecule has 0 bridgehead atoms. The number of esters is 1. The number of rotatable bonds is 7. The van der Waals surface area contributed by atoms with Crippen molar-refractivity contribution in [3.8, 4) is 11.3 Å². The maximum absolute atomic E-state index is 13.5. The third-order valence-electron chi connectivity index (χ3n) is 6.65. The van der Waals surface area contributed by atoms with Crippen LogP contribution in [0.25, 0.3) is 11.3 Å². The molecule has 2 saturated heterocycles. The van der Waals surface area contributed by atoms with Gasteiger partial charge in [0.1, 0.15) is 22.4 Å². The minimum Gasteiger partial charge on any atom is -0.459 e. The van der Waals surface area contributed by atoms with Crippen molar-refractivity contribution in [2.45, 2.75) is 42.7 Å². The predicted molar refractivity (Wildman–Crippen MR) is 125 cm³/mol. The lowest BCUT2D eigenvalue weighted by Crippen LogP contribution is -2.58. The Balaban J connectivity index is 1.40. The molecule has 0 spiro atoms. The number of nitro benzene ring substituents is 1. The first-order chi connectivity index (χ1) is 17.1. The third kappa shape index (κ3) is 3.71. The topological polar surface area (TPSA) is 155 Å². The summed E-state index contributed by atoms with van der Waals surface area (Å²) in [6.45, 7) is 0.958. The van der Waals surface area contributed by atoms with E-state index in [1.165, 1.54) is 35.9 Å². The largest absolute Gasteiger partial charge is 0.459 e.